The van der Waals surface area contributed by atoms with E-state index in [9.17, 15) is 4.79 Å². The molecule has 2 aromatic carbocycles. The highest BCUT2D eigenvalue weighted by atomic mass is 16.6. The number of urea groups is 1. The largest absolute Gasteiger partial charge is 0.497 e. The van der Waals surface area contributed by atoms with Crippen LogP contribution < -0.4 is 24.8 Å². The number of carbonyl (C=O) groups is 1. The third kappa shape index (κ3) is 4.32. The molecule has 0 fully saturated rings. The van der Waals surface area contributed by atoms with Crippen LogP contribution in [0, 0.1) is 0 Å². The highest BCUT2D eigenvalue weighted by molar-refractivity contribution is 5.75. The van der Waals surface area contributed by atoms with Gasteiger partial charge >= 0.3 is 6.03 Å². The SMILES string of the molecule is COc1cccc([C@H](NC(=O)NCc2ccc3c(c2)OCCO3)c2nccn2C)c1. The van der Waals surface area contributed by atoms with E-state index in [0.29, 0.717) is 31.3 Å². The Morgan fingerprint density at radius 1 is 1.20 bits per heavy atom. The van der Waals surface area contributed by atoms with E-state index in [4.69, 9.17) is 14.2 Å². The lowest BCUT2D eigenvalue weighted by atomic mass is 10.1. The average Bonchev–Trinajstić information content (AvgIpc) is 3.21. The lowest BCUT2D eigenvalue weighted by Gasteiger charge is -2.21. The molecule has 1 atom stereocenters. The maximum Gasteiger partial charge on any atom is 0.315 e. The summed E-state index contributed by atoms with van der Waals surface area (Å²) in [5.74, 6) is 2.86. The molecule has 30 heavy (non-hydrogen) atoms. The first-order chi connectivity index (χ1) is 14.6. The van der Waals surface area contributed by atoms with Gasteiger partial charge in [0.05, 0.1) is 7.11 Å². The van der Waals surface area contributed by atoms with Crippen molar-refractivity contribution in [1.82, 2.24) is 20.2 Å². The van der Waals surface area contributed by atoms with Crippen LogP contribution in [0.25, 0.3) is 0 Å². The van der Waals surface area contributed by atoms with Crippen LogP contribution in [-0.2, 0) is 13.6 Å². The van der Waals surface area contributed by atoms with Gasteiger partial charge in [-0.1, -0.05) is 18.2 Å². The Bertz CT molecular complexity index is 1030. The molecule has 0 saturated heterocycles. The zero-order valence-corrected chi connectivity index (χ0v) is 16.9. The van der Waals surface area contributed by atoms with Crippen molar-refractivity contribution in [2.45, 2.75) is 12.6 Å². The topological polar surface area (TPSA) is 86.6 Å². The van der Waals surface area contributed by atoms with E-state index < -0.39 is 6.04 Å². The van der Waals surface area contributed by atoms with Crippen LogP contribution in [0.2, 0.25) is 0 Å². The Kier molecular flexibility index (Phi) is 5.74. The summed E-state index contributed by atoms with van der Waals surface area (Å²) in [6, 6.07) is 12.5. The Labute approximate surface area is 174 Å². The molecule has 2 N–H and O–H groups in total. The first kappa shape index (κ1) is 19.6. The minimum Gasteiger partial charge on any atom is -0.497 e. The molecule has 156 valence electrons. The van der Waals surface area contributed by atoms with Gasteiger partial charge in [-0.25, -0.2) is 9.78 Å². The Morgan fingerprint density at radius 2 is 2.03 bits per heavy atom. The standard InChI is InChI=1S/C22H24N4O4/c1-26-9-8-23-21(26)20(16-4-3-5-17(13-16)28-2)25-22(27)24-14-15-6-7-18-19(12-15)30-11-10-29-18/h3-9,12-13,20H,10-11,14H2,1-2H3,(H2,24,25,27)/t20-/m0/s1. The molecule has 2 heterocycles. The second-order valence-electron chi connectivity index (χ2n) is 6.91. The normalized spacial score (nSPS) is 13.4. The van der Waals surface area contributed by atoms with E-state index in [-0.39, 0.29) is 6.03 Å². The van der Waals surface area contributed by atoms with Crippen molar-refractivity contribution in [3.63, 3.8) is 0 Å². The molecule has 0 radical (unpaired) electrons. The van der Waals surface area contributed by atoms with Crippen molar-refractivity contribution in [3.8, 4) is 17.2 Å². The number of hydrogen-bond donors (Lipinski definition) is 2. The van der Waals surface area contributed by atoms with Gasteiger partial charge in [0.2, 0.25) is 0 Å². The number of aryl methyl sites for hydroxylation is 1. The molecule has 0 saturated carbocycles. The van der Waals surface area contributed by atoms with Crippen molar-refractivity contribution in [1.29, 1.82) is 0 Å². The molecule has 8 heteroatoms. The zero-order valence-electron chi connectivity index (χ0n) is 16.9. The van der Waals surface area contributed by atoms with E-state index in [1.54, 1.807) is 13.3 Å². The van der Waals surface area contributed by atoms with Crippen molar-refractivity contribution >= 4 is 6.03 Å². The summed E-state index contributed by atoms with van der Waals surface area (Å²) >= 11 is 0. The van der Waals surface area contributed by atoms with Crippen LogP contribution in [0.4, 0.5) is 4.79 Å². The fourth-order valence-corrected chi connectivity index (χ4v) is 3.34. The second kappa shape index (κ2) is 8.77. The van der Waals surface area contributed by atoms with Crippen LogP contribution in [0.5, 0.6) is 17.2 Å². The molecule has 1 aromatic heterocycles. The van der Waals surface area contributed by atoms with E-state index >= 15 is 0 Å². The van der Waals surface area contributed by atoms with Gasteiger partial charge in [-0.05, 0) is 35.4 Å². The summed E-state index contributed by atoms with van der Waals surface area (Å²) in [6.45, 7) is 1.43. The molecule has 0 bridgehead atoms. The maximum atomic E-state index is 12.7. The van der Waals surface area contributed by atoms with Gasteiger partial charge in [-0.2, -0.15) is 0 Å². The summed E-state index contributed by atoms with van der Waals surface area (Å²) in [6.07, 6.45) is 3.55. The number of imidazole rings is 1. The highest BCUT2D eigenvalue weighted by Crippen LogP contribution is 2.30. The summed E-state index contributed by atoms with van der Waals surface area (Å²) in [7, 11) is 3.51. The smallest absolute Gasteiger partial charge is 0.315 e. The first-order valence-corrected chi connectivity index (χ1v) is 9.68. The van der Waals surface area contributed by atoms with E-state index in [1.807, 2.05) is 60.3 Å². The number of fused-ring (bicyclic) bond motifs is 1. The second-order valence-corrected chi connectivity index (χ2v) is 6.91. The van der Waals surface area contributed by atoms with Gasteiger partial charge < -0.3 is 29.4 Å². The lowest BCUT2D eigenvalue weighted by Crippen LogP contribution is -2.39. The van der Waals surface area contributed by atoms with E-state index in [1.165, 1.54) is 0 Å². The summed E-state index contributed by atoms with van der Waals surface area (Å²) in [4.78, 5) is 17.1. The number of rotatable bonds is 6. The quantitative estimate of drug-likeness (QED) is 0.655. The molecule has 0 spiro atoms. The number of methoxy groups -OCH3 is 1. The molecule has 0 unspecified atom stereocenters. The zero-order chi connectivity index (χ0) is 20.9. The fourth-order valence-electron chi connectivity index (χ4n) is 3.34. The molecular weight excluding hydrogens is 384 g/mol. The van der Waals surface area contributed by atoms with Crippen LogP contribution >= 0.6 is 0 Å². The van der Waals surface area contributed by atoms with Gasteiger partial charge in [0.25, 0.3) is 0 Å². The maximum absolute atomic E-state index is 12.7. The van der Waals surface area contributed by atoms with Crippen molar-refractivity contribution in [2.75, 3.05) is 20.3 Å². The Morgan fingerprint density at radius 3 is 2.80 bits per heavy atom. The molecule has 3 aromatic rings. The fraction of sp³-hybridized carbons (Fsp3) is 0.273. The number of aromatic nitrogens is 2. The number of ether oxygens (including phenoxy) is 3. The number of amides is 2. The van der Waals surface area contributed by atoms with Gasteiger partial charge in [-0.15, -0.1) is 0 Å². The van der Waals surface area contributed by atoms with Gasteiger partial charge in [0.1, 0.15) is 30.8 Å². The lowest BCUT2D eigenvalue weighted by molar-refractivity contribution is 0.171. The van der Waals surface area contributed by atoms with Crippen LogP contribution in [-0.4, -0.2) is 35.9 Å². The summed E-state index contributed by atoms with van der Waals surface area (Å²) in [5.41, 5.74) is 1.79. The number of nitrogens with zero attached hydrogens (tertiary/aromatic N) is 2. The van der Waals surface area contributed by atoms with Gasteiger partial charge in [-0.3, -0.25) is 0 Å². The molecule has 2 amide bonds. The molecule has 1 aliphatic heterocycles. The predicted molar refractivity (Wildman–Crippen MR) is 111 cm³/mol. The van der Waals surface area contributed by atoms with Crippen molar-refractivity contribution in [3.05, 3.63) is 71.8 Å². The van der Waals surface area contributed by atoms with E-state index in [0.717, 1.165) is 22.7 Å². The number of benzene rings is 2. The third-order valence-electron chi connectivity index (χ3n) is 4.88. The van der Waals surface area contributed by atoms with Crippen molar-refractivity contribution < 1.29 is 19.0 Å². The molecular formula is C22H24N4O4. The number of hydrogen-bond acceptors (Lipinski definition) is 5. The van der Waals surface area contributed by atoms with Crippen LogP contribution in [0.1, 0.15) is 23.0 Å². The summed E-state index contributed by atoms with van der Waals surface area (Å²) < 4.78 is 18.3. The first-order valence-electron chi connectivity index (χ1n) is 9.68. The van der Waals surface area contributed by atoms with Crippen molar-refractivity contribution in [2.24, 2.45) is 7.05 Å². The third-order valence-corrected chi connectivity index (χ3v) is 4.88. The minimum atomic E-state index is -0.430. The monoisotopic (exact) mass is 408 g/mol. The number of nitrogens with one attached hydrogen (secondary N) is 2. The number of carbonyl (C=O) groups excluding carboxylic acids is 1. The van der Waals surface area contributed by atoms with Crippen LogP contribution in [0.15, 0.2) is 54.9 Å². The Hall–Kier alpha value is -3.68. The molecule has 0 aliphatic carbocycles. The van der Waals surface area contributed by atoms with Gasteiger partial charge in [0, 0.05) is 26.0 Å². The molecule has 1 aliphatic rings. The van der Waals surface area contributed by atoms with E-state index in [2.05, 4.69) is 15.6 Å². The predicted octanol–water partition coefficient (Wildman–Crippen LogP) is 2.79. The van der Waals surface area contributed by atoms with Crippen LogP contribution in [0.3, 0.4) is 0 Å². The average molecular weight is 408 g/mol. The molecule has 4 rings (SSSR count). The highest BCUT2D eigenvalue weighted by Gasteiger charge is 2.21. The minimum absolute atomic E-state index is 0.305. The van der Waals surface area contributed by atoms with Gasteiger partial charge in [0.15, 0.2) is 11.5 Å². The molecule has 8 nitrogen and oxygen atoms in total. The summed E-state index contributed by atoms with van der Waals surface area (Å²) in [5, 5.41) is 5.92. The Balaban J connectivity index is 1.47.